The fraction of sp³-hybridized carbons (Fsp3) is 0.476. The number of hydrogen-bond donors (Lipinski definition) is 2. The maximum Gasteiger partial charge on any atom is 0.335 e. The summed E-state index contributed by atoms with van der Waals surface area (Å²) in [6.45, 7) is 4.29. The van der Waals surface area contributed by atoms with E-state index in [9.17, 15) is 24.0 Å². The number of rotatable bonds is 8. The van der Waals surface area contributed by atoms with Crippen LogP contribution in [0.4, 0.5) is 0 Å². The molecule has 180 valence electrons. The van der Waals surface area contributed by atoms with Crippen molar-refractivity contribution in [2.75, 3.05) is 6.61 Å². The van der Waals surface area contributed by atoms with E-state index in [1.807, 2.05) is 0 Å². The van der Waals surface area contributed by atoms with Crippen molar-refractivity contribution in [3.05, 3.63) is 29.8 Å². The van der Waals surface area contributed by atoms with Crippen molar-refractivity contribution < 1.29 is 52.8 Å². The van der Waals surface area contributed by atoms with E-state index in [1.54, 1.807) is 0 Å². The molecule has 1 aromatic carbocycles. The third-order valence-corrected chi connectivity index (χ3v) is 4.42. The van der Waals surface area contributed by atoms with Crippen molar-refractivity contribution in [3.8, 4) is 5.75 Å². The first-order valence-electron chi connectivity index (χ1n) is 9.88. The zero-order valence-corrected chi connectivity index (χ0v) is 18.4. The Hall–Kier alpha value is -3.67. The number of carboxylic acid groups (broad SMARTS) is 1. The van der Waals surface area contributed by atoms with Gasteiger partial charge in [-0.3, -0.25) is 19.2 Å². The highest BCUT2D eigenvalue weighted by Gasteiger charge is 2.51. The summed E-state index contributed by atoms with van der Waals surface area (Å²) in [6.07, 6.45) is -4.90. The Balaban J connectivity index is 2.43. The van der Waals surface area contributed by atoms with Gasteiger partial charge in [-0.2, -0.15) is 0 Å². The minimum absolute atomic E-state index is 0.0192. The van der Waals surface area contributed by atoms with Crippen LogP contribution in [-0.2, 0) is 38.1 Å². The van der Waals surface area contributed by atoms with Crippen LogP contribution in [0.1, 0.15) is 38.1 Å². The van der Waals surface area contributed by atoms with E-state index in [0.29, 0.717) is 0 Å². The molecule has 0 radical (unpaired) electrons. The van der Waals surface area contributed by atoms with Gasteiger partial charge in [0.15, 0.2) is 12.2 Å². The minimum atomic E-state index is -1.29. The highest BCUT2D eigenvalue weighted by Crippen LogP contribution is 2.29. The molecule has 1 heterocycles. The standard InChI is InChI=1S/C21H25NO11/c1-10(23)22-17-19(31-13(4)26)18(30-12(3)25)16(9-29-11(2)24)33-21(17)32-15-7-5-14(6-8-15)20(27)28/h5-8,16-19,21H,9H2,1-4H3,(H,22,23)(H,27,28). The molecule has 5 atom stereocenters. The Morgan fingerprint density at radius 2 is 1.48 bits per heavy atom. The van der Waals surface area contributed by atoms with E-state index in [1.165, 1.54) is 38.1 Å². The number of amides is 1. The third-order valence-electron chi connectivity index (χ3n) is 4.42. The molecule has 2 N–H and O–H groups in total. The van der Waals surface area contributed by atoms with Crippen molar-refractivity contribution in [2.45, 2.75) is 58.3 Å². The Morgan fingerprint density at radius 1 is 0.909 bits per heavy atom. The van der Waals surface area contributed by atoms with Gasteiger partial charge in [0.05, 0.1) is 5.56 Å². The summed E-state index contributed by atoms with van der Waals surface area (Å²) in [4.78, 5) is 57.8. The quantitative estimate of drug-likeness (QED) is 0.402. The van der Waals surface area contributed by atoms with Crippen LogP contribution in [0.15, 0.2) is 24.3 Å². The summed E-state index contributed by atoms with van der Waals surface area (Å²) in [6, 6.07) is 4.21. The molecule has 1 aliphatic rings. The topological polar surface area (TPSA) is 164 Å². The van der Waals surface area contributed by atoms with Crippen LogP contribution in [0.5, 0.6) is 5.75 Å². The molecule has 0 bridgehead atoms. The lowest BCUT2D eigenvalue weighted by molar-refractivity contribution is -0.257. The van der Waals surface area contributed by atoms with Gasteiger partial charge < -0.3 is 34.1 Å². The molecule has 0 saturated carbocycles. The lowest BCUT2D eigenvalue weighted by atomic mass is 9.96. The molecule has 1 saturated heterocycles. The Kier molecular flexibility index (Phi) is 8.74. The van der Waals surface area contributed by atoms with Crippen molar-refractivity contribution in [1.29, 1.82) is 0 Å². The smallest absolute Gasteiger partial charge is 0.335 e. The van der Waals surface area contributed by atoms with Crippen molar-refractivity contribution in [1.82, 2.24) is 5.32 Å². The predicted molar refractivity (Wildman–Crippen MR) is 108 cm³/mol. The number of aromatic carboxylic acids is 1. The van der Waals surface area contributed by atoms with E-state index in [0.717, 1.165) is 13.8 Å². The number of nitrogens with one attached hydrogen (secondary N) is 1. The van der Waals surface area contributed by atoms with Gasteiger partial charge in [-0.1, -0.05) is 0 Å². The zero-order valence-electron chi connectivity index (χ0n) is 18.4. The van der Waals surface area contributed by atoms with E-state index in [-0.39, 0.29) is 17.9 Å². The second-order valence-corrected chi connectivity index (χ2v) is 7.17. The molecule has 2 rings (SSSR count). The van der Waals surface area contributed by atoms with Gasteiger partial charge in [-0.05, 0) is 24.3 Å². The Labute approximate surface area is 189 Å². The first-order chi connectivity index (χ1) is 15.5. The molecule has 0 aromatic heterocycles. The van der Waals surface area contributed by atoms with Gasteiger partial charge in [0.1, 0.15) is 24.5 Å². The summed E-state index contributed by atoms with van der Waals surface area (Å²) in [7, 11) is 0. The Morgan fingerprint density at radius 3 is 1.97 bits per heavy atom. The first kappa shape index (κ1) is 25.6. The maximum atomic E-state index is 11.9. The van der Waals surface area contributed by atoms with Gasteiger partial charge in [0, 0.05) is 27.7 Å². The largest absolute Gasteiger partial charge is 0.478 e. The molecule has 0 aliphatic carbocycles. The van der Waals surface area contributed by atoms with E-state index >= 15 is 0 Å². The van der Waals surface area contributed by atoms with Crippen LogP contribution in [0.2, 0.25) is 0 Å². The number of esters is 3. The molecule has 33 heavy (non-hydrogen) atoms. The van der Waals surface area contributed by atoms with E-state index < -0.39 is 60.4 Å². The number of carbonyl (C=O) groups is 5. The average Bonchev–Trinajstić information content (AvgIpc) is 2.70. The van der Waals surface area contributed by atoms with Crippen molar-refractivity contribution in [2.24, 2.45) is 0 Å². The second-order valence-electron chi connectivity index (χ2n) is 7.17. The summed E-state index contributed by atoms with van der Waals surface area (Å²) >= 11 is 0. The van der Waals surface area contributed by atoms with Crippen molar-refractivity contribution >= 4 is 29.8 Å². The van der Waals surface area contributed by atoms with Crippen LogP contribution < -0.4 is 10.1 Å². The fourth-order valence-corrected chi connectivity index (χ4v) is 3.20. The molecule has 1 amide bonds. The van der Waals surface area contributed by atoms with Gasteiger partial charge in [0.25, 0.3) is 0 Å². The highest BCUT2D eigenvalue weighted by molar-refractivity contribution is 5.87. The molecule has 1 fully saturated rings. The molecule has 12 nitrogen and oxygen atoms in total. The zero-order chi connectivity index (χ0) is 24.7. The van der Waals surface area contributed by atoms with E-state index in [2.05, 4.69) is 5.32 Å². The second kappa shape index (κ2) is 11.3. The van der Waals surface area contributed by atoms with Crippen LogP contribution in [0.25, 0.3) is 0 Å². The van der Waals surface area contributed by atoms with Gasteiger partial charge in [-0.15, -0.1) is 0 Å². The maximum absolute atomic E-state index is 11.9. The van der Waals surface area contributed by atoms with Gasteiger partial charge in [0.2, 0.25) is 12.2 Å². The lowest BCUT2D eigenvalue weighted by Crippen LogP contribution is -2.67. The number of ether oxygens (including phenoxy) is 5. The molecule has 1 aromatic rings. The molecule has 5 unspecified atom stereocenters. The van der Waals surface area contributed by atoms with Crippen LogP contribution in [0, 0.1) is 0 Å². The van der Waals surface area contributed by atoms with E-state index in [4.69, 9.17) is 28.8 Å². The van der Waals surface area contributed by atoms with Gasteiger partial charge >= 0.3 is 23.9 Å². The first-order valence-corrected chi connectivity index (χ1v) is 9.88. The van der Waals surface area contributed by atoms with Gasteiger partial charge in [-0.25, -0.2) is 4.79 Å². The van der Waals surface area contributed by atoms with Crippen LogP contribution in [0.3, 0.4) is 0 Å². The molecule has 1 aliphatic heterocycles. The van der Waals surface area contributed by atoms with Crippen molar-refractivity contribution in [3.63, 3.8) is 0 Å². The molecule has 0 spiro atoms. The fourth-order valence-electron chi connectivity index (χ4n) is 3.20. The number of carbonyl (C=O) groups excluding carboxylic acids is 4. The normalized spacial score (nSPS) is 24.2. The Bertz CT molecular complexity index is 898. The summed E-state index contributed by atoms with van der Waals surface area (Å²) in [5, 5.41) is 11.6. The summed E-state index contributed by atoms with van der Waals surface area (Å²) in [5.74, 6) is -3.55. The predicted octanol–water partition coefficient (Wildman–Crippen LogP) is 0.420. The van der Waals surface area contributed by atoms with Crippen LogP contribution in [-0.4, -0.2) is 72.1 Å². The number of benzene rings is 1. The van der Waals surface area contributed by atoms with Crippen LogP contribution >= 0.6 is 0 Å². The molecular formula is C21H25NO11. The number of hydrogen-bond acceptors (Lipinski definition) is 10. The minimum Gasteiger partial charge on any atom is -0.478 e. The SMILES string of the molecule is CC(=O)NC1C(Oc2ccc(C(=O)O)cc2)OC(COC(C)=O)C(OC(C)=O)C1OC(C)=O. The summed E-state index contributed by atoms with van der Waals surface area (Å²) < 4.78 is 27.3. The third kappa shape index (κ3) is 7.45. The summed E-state index contributed by atoms with van der Waals surface area (Å²) in [5.41, 5.74) is 0.0192. The monoisotopic (exact) mass is 467 g/mol. The molecular weight excluding hydrogens is 442 g/mol. The molecule has 12 heteroatoms. The number of carboxylic acids is 1. The average molecular weight is 467 g/mol. The highest BCUT2D eigenvalue weighted by atomic mass is 16.7. The lowest BCUT2D eigenvalue weighted by Gasteiger charge is -2.44.